The number of hydrogen-bond donors (Lipinski definition) is 11. The Labute approximate surface area is 330 Å². The molecule has 0 aromatic carbocycles. The van der Waals surface area contributed by atoms with E-state index in [9.17, 15) is 52.9 Å². The van der Waals surface area contributed by atoms with Crippen LogP contribution in [0.15, 0.2) is 11.0 Å². The molecule has 1 aromatic heterocycles. The SMILES string of the molecule is O=C(CCCCCNC(=O)CCCCC1SC[C@H]2NC(=O)N[C@@H]12)NCCCCNc1cnn([C@@H]2O[C@H](COP(=O)(O)OP(=O)(O)OP(=O)(O)O)[C@@H](O)[C@H]2O)c(=O)n1. The quantitative estimate of drug-likeness (QED) is 0.0329. The summed E-state index contributed by atoms with van der Waals surface area (Å²) in [7, 11) is -16.9. The molecular weight excluding hydrogens is 845 g/mol. The number of fused-ring (bicyclic) bond motifs is 1. The van der Waals surface area contributed by atoms with Crippen molar-refractivity contribution < 1.29 is 75.7 Å². The smallest absolute Gasteiger partial charge is 0.387 e. The number of phosphoric acid groups is 3. The Morgan fingerprint density at radius 1 is 0.877 bits per heavy atom. The molecule has 9 atom stereocenters. The molecule has 0 radical (unpaired) electrons. The third kappa shape index (κ3) is 15.9. The molecule has 3 fully saturated rings. The van der Waals surface area contributed by atoms with Crippen molar-refractivity contribution in [1.29, 1.82) is 0 Å². The first-order chi connectivity index (χ1) is 26.8. The van der Waals surface area contributed by atoms with E-state index in [1.807, 2.05) is 11.8 Å². The van der Waals surface area contributed by atoms with E-state index in [2.05, 4.69) is 49.8 Å². The molecule has 1 aromatic rings. The van der Waals surface area contributed by atoms with E-state index in [1.54, 1.807) is 0 Å². The lowest BCUT2D eigenvalue weighted by atomic mass is 10.0. The molecule has 0 bridgehead atoms. The van der Waals surface area contributed by atoms with E-state index in [0.717, 1.165) is 44.1 Å². The number of nitrogens with zero attached hydrogens (tertiary/aromatic N) is 3. The molecule has 3 aliphatic heterocycles. The number of carbonyl (C=O) groups is 3. The lowest BCUT2D eigenvalue weighted by molar-refractivity contribution is -0.122. The van der Waals surface area contributed by atoms with Crippen LogP contribution in [0.3, 0.4) is 0 Å². The summed E-state index contributed by atoms with van der Waals surface area (Å²) in [6.07, 6.45) is 1.16. The molecule has 0 spiro atoms. The van der Waals surface area contributed by atoms with Gasteiger partial charge in [-0.1, -0.05) is 12.8 Å². The van der Waals surface area contributed by atoms with Gasteiger partial charge in [0.25, 0.3) is 0 Å². The van der Waals surface area contributed by atoms with Gasteiger partial charge in [-0.2, -0.15) is 35.1 Å². The normalized spacial score (nSPS) is 26.5. The number of urea groups is 1. The number of rotatable bonds is 25. The van der Waals surface area contributed by atoms with Gasteiger partial charge in [-0.3, -0.25) is 14.1 Å². The van der Waals surface area contributed by atoms with Gasteiger partial charge in [-0.05, 0) is 38.5 Å². The maximum atomic E-state index is 12.6. The van der Waals surface area contributed by atoms with Gasteiger partial charge >= 0.3 is 35.2 Å². The van der Waals surface area contributed by atoms with Gasteiger partial charge in [-0.15, -0.1) is 0 Å². The second-order valence-corrected chi connectivity index (χ2v) is 19.0. The van der Waals surface area contributed by atoms with E-state index >= 15 is 0 Å². The zero-order valence-electron chi connectivity index (χ0n) is 30.5. The number of carbonyl (C=O) groups excluding carboxylic acids is 3. The molecule has 57 heavy (non-hydrogen) atoms. The summed E-state index contributed by atoms with van der Waals surface area (Å²) in [5.41, 5.74) is -1.01. The van der Waals surface area contributed by atoms with Crippen LogP contribution in [0.25, 0.3) is 0 Å². The van der Waals surface area contributed by atoms with Crippen molar-refractivity contribution >= 4 is 58.9 Å². The van der Waals surface area contributed by atoms with Crippen LogP contribution < -0.4 is 32.3 Å². The highest BCUT2D eigenvalue weighted by atomic mass is 32.2. The van der Waals surface area contributed by atoms with Crippen LogP contribution in [-0.4, -0.2) is 130 Å². The molecule has 3 aliphatic rings. The van der Waals surface area contributed by atoms with Crippen molar-refractivity contribution in [3.8, 4) is 0 Å². The second kappa shape index (κ2) is 21.6. The third-order valence-electron chi connectivity index (χ3n) is 8.83. The van der Waals surface area contributed by atoms with Crippen LogP contribution in [0.1, 0.15) is 70.4 Å². The number of unbranched alkanes of at least 4 members (excludes halogenated alkanes) is 4. The molecule has 4 heterocycles. The highest BCUT2D eigenvalue weighted by molar-refractivity contribution is 8.00. The molecule has 324 valence electrons. The molecule has 4 amide bonds. The lowest BCUT2D eigenvalue weighted by Gasteiger charge is -2.19. The molecular formula is C28H49N8O17P3S. The Bertz CT molecular complexity index is 1740. The van der Waals surface area contributed by atoms with E-state index in [0.29, 0.717) is 61.7 Å². The molecule has 25 nitrogen and oxygen atoms in total. The molecule has 11 N–H and O–H groups in total. The molecule has 29 heteroatoms. The fraction of sp³-hybridized carbons (Fsp3) is 0.786. The van der Waals surface area contributed by atoms with Crippen molar-refractivity contribution in [3.05, 3.63) is 16.7 Å². The van der Waals surface area contributed by atoms with Gasteiger partial charge in [0.15, 0.2) is 12.0 Å². The van der Waals surface area contributed by atoms with Crippen molar-refractivity contribution in [2.45, 2.75) is 106 Å². The Balaban J connectivity index is 1.01. The minimum atomic E-state index is -5.79. The lowest BCUT2D eigenvalue weighted by Crippen LogP contribution is -2.37. The highest BCUT2D eigenvalue weighted by Gasteiger charge is 2.47. The zero-order chi connectivity index (χ0) is 41.8. The molecule has 4 rings (SSSR count). The fourth-order valence-corrected chi connectivity index (χ4v) is 10.7. The summed E-state index contributed by atoms with van der Waals surface area (Å²) < 4.78 is 51.7. The van der Waals surface area contributed by atoms with Gasteiger partial charge in [0.1, 0.15) is 18.3 Å². The molecule has 0 saturated carbocycles. The Morgan fingerprint density at radius 2 is 1.53 bits per heavy atom. The second-order valence-electron chi connectivity index (χ2n) is 13.3. The summed E-state index contributed by atoms with van der Waals surface area (Å²) in [5, 5.41) is 39.5. The van der Waals surface area contributed by atoms with Crippen LogP contribution in [0.2, 0.25) is 0 Å². The number of aliphatic hydroxyl groups is 2. The Morgan fingerprint density at radius 3 is 2.19 bits per heavy atom. The molecule has 0 aliphatic carbocycles. The topological polar surface area (TPSA) is 369 Å². The summed E-state index contributed by atoms with van der Waals surface area (Å²) in [6, 6.07) is 0.277. The Hall–Kier alpha value is -2.54. The minimum absolute atomic E-state index is 0.0158. The van der Waals surface area contributed by atoms with Crippen LogP contribution in [-0.2, 0) is 41.2 Å². The van der Waals surface area contributed by atoms with Crippen LogP contribution in [0.5, 0.6) is 0 Å². The maximum Gasteiger partial charge on any atom is 0.490 e. The largest absolute Gasteiger partial charge is 0.490 e. The van der Waals surface area contributed by atoms with E-state index in [-0.39, 0.29) is 35.7 Å². The number of anilines is 1. The fourth-order valence-electron chi connectivity index (χ4n) is 6.11. The van der Waals surface area contributed by atoms with E-state index < -0.39 is 60.3 Å². The number of nitrogens with one attached hydrogen (secondary N) is 5. The van der Waals surface area contributed by atoms with Gasteiger partial charge in [-0.25, -0.2) is 23.3 Å². The maximum absolute atomic E-state index is 12.6. The van der Waals surface area contributed by atoms with E-state index in [4.69, 9.17) is 14.5 Å². The summed E-state index contributed by atoms with van der Waals surface area (Å²) in [4.78, 5) is 88.2. The average molecular weight is 895 g/mol. The first-order valence-corrected chi connectivity index (χ1v) is 23.6. The number of ether oxygens (including phenoxy) is 1. The summed E-state index contributed by atoms with van der Waals surface area (Å²) >= 11 is 1.86. The van der Waals surface area contributed by atoms with Crippen LogP contribution in [0, 0.1) is 0 Å². The van der Waals surface area contributed by atoms with Crippen molar-refractivity contribution in [1.82, 2.24) is 36.0 Å². The standard InChI is InChI=1S/C28H49N8O17P3S/c37-21(9-2-1-5-12-30-22(38)10-4-3-8-19-23-17(16-57-19)33-27(41)35-23)31-13-7-6-11-29-20-14-32-36(28(42)34-20)26-25(40)24(39)18(51-26)15-50-55(46,47)53-56(48,49)52-54(43,44)45/h14,17-19,23-26,39-40H,1-13,15-16H2,(H,30,38)(H,31,37)(H,46,47)(H,48,49)(H,29,34,42)(H2,33,35,41)(H2,43,44,45)/t17-,18-,19?,23-,24-,25-,26-/m1/s1. The van der Waals surface area contributed by atoms with Crippen molar-refractivity contribution in [2.24, 2.45) is 0 Å². The minimum Gasteiger partial charge on any atom is -0.387 e. The highest BCUT2D eigenvalue weighted by Crippen LogP contribution is 2.66. The zero-order valence-corrected chi connectivity index (χ0v) is 34.0. The third-order valence-corrected chi connectivity index (χ3v) is 14.1. The summed E-state index contributed by atoms with van der Waals surface area (Å²) in [5.74, 6) is 0.922. The number of hydrogen-bond acceptors (Lipinski definition) is 17. The van der Waals surface area contributed by atoms with Gasteiger partial charge in [0.2, 0.25) is 11.8 Å². The first-order valence-electron chi connectivity index (χ1n) is 18.0. The first kappa shape index (κ1) is 47.1. The van der Waals surface area contributed by atoms with Gasteiger partial charge in [0, 0.05) is 43.5 Å². The molecule has 3 unspecified atom stereocenters. The number of phosphoric ester groups is 1. The van der Waals surface area contributed by atoms with Crippen molar-refractivity contribution in [2.75, 3.05) is 37.3 Å². The van der Waals surface area contributed by atoms with Gasteiger partial charge < -0.3 is 61.1 Å². The predicted molar refractivity (Wildman–Crippen MR) is 198 cm³/mol. The van der Waals surface area contributed by atoms with E-state index in [1.165, 1.54) is 0 Å². The monoisotopic (exact) mass is 894 g/mol. The van der Waals surface area contributed by atoms with Crippen LogP contribution in [0.4, 0.5) is 10.6 Å². The van der Waals surface area contributed by atoms with Crippen molar-refractivity contribution in [3.63, 3.8) is 0 Å². The number of aliphatic hydroxyl groups excluding tert-OH is 2. The summed E-state index contributed by atoms with van der Waals surface area (Å²) in [6.45, 7) is 0.271. The molecule has 3 saturated heterocycles. The number of amides is 4. The number of aromatic nitrogens is 3. The van der Waals surface area contributed by atoms with Crippen LogP contribution >= 0.6 is 35.2 Å². The van der Waals surface area contributed by atoms with Gasteiger partial charge in [0.05, 0.1) is 24.9 Å². The average Bonchev–Trinajstić information content (AvgIpc) is 3.75. The number of thioether (sulfide) groups is 1. The predicted octanol–water partition coefficient (Wildman–Crippen LogP) is -0.688. The Kier molecular flexibility index (Phi) is 17.9.